The molecule has 1 aliphatic heterocycles. The zero-order valence-electron chi connectivity index (χ0n) is 18.0. The van der Waals surface area contributed by atoms with Gasteiger partial charge in [0.1, 0.15) is 16.4 Å². The zero-order valence-corrected chi connectivity index (χ0v) is 19.5. The van der Waals surface area contributed by atoms with Gasteiger partial charge in [0.15, 0.2) is 11.5 Å². The molecule has 0 atom stereocenters. The Labute approximate surface area is 195 Å². The second-order valence-electron chi connectivity index (χ2n) is 6.41. The van der Waals surface area contributed by atoms with Crippen molar-refractivity contribution in [1.29, 1.82) is 0 Å². The van der Waals surface area contributed by atoms with E-state index in [0.29, 0.717) is 43.5 Å². The van der Waals surface area contributed by atoms with Gasteiger partial charge in [-0.3, -0.25) is 0 Å². The quantitative estimate of drug-likeness (QED) is 0.524. The Morgan fingerprint density at radius 1 is 1.12 bits per heavy atom. The Morgan fingerprint density at radius 2 is 1.81 bits per heavy atom. The fourth-order valence-electron chi connectivity index (χ4n) is 2.99. The van der Waals surface area contributed by atoms with Crippen molar-refractivity contribution in [2.24, 2.45) is 4.99 Å². The van der Waals surface area contributed by atoms with Crippen molar-refractivity contribution in [3.05, 3.63) is 63.2 Å². The van der Waals surface area contributed by atoms with Gasteiger partial charge in [0.25, 0.3) is 0 Å². The van der Waals surface area contributed by atoms with Crippen molar-refractivity contribution >= 4 is 46.1 Å². The topological polar surface area (TPSA) is 86.6 Å². The number of aliphatic imine (C=N–C) groups is 1. The first-order valence-corrected chi connectivity index (χ1v) is 10.8. The first-order valence-electron chi connectivity index (χ1n) is 9.56. The van der Waals surface area contributed by atoms with Crippen molar-refractivity contribution in [3.63, 3.8) is 0 Å². The lowest BCUT2D eigenvalue weighted by Crippen LogP contribution is -2.12. The van der Waals surface area contributed by atoms with E-state index in [9.17, 15) is 9.90 Å². The molecule has 0 radical (unpaired) electrons. The maximum atomic E-state index is 12.6. The maximum Gasteiger partial charge on any atom is 0.344 e. The number of carbonyl (C=O) groups excluding carboxylic acids is 1. The molecule has 1 heterocycles. The van der Waals surface area contributed by atoms with Crippen LogP contribution in [0.3, 0.4) is 0 Å². The molecule has 0 amide bonds. The summed E-state index contributed by atoms with van der Waals surface area (Å²) in [4.78, 5) is 17.5. The lowest BCUT2D eigenvalue weighted by molar-refractivity contribution is -0.138. The van der Waals surface area contributed by atoms with Crippen molar-refractivity contribution in [1.82, 2.24) is 0 Å². The van der Waals surface area contributed by atoms with Crippen LogP contribution < -0.4 is 14.2 Å². The fourth-order valence-corrected chi connectivity index (χ4v) is 4.21. The largest absolute Gasteiger partial charge is 0.506 e. The minimum absolute atomic E-state index is 0.00415. The summed E-state index contributed by atoms with van der Waals surface area (Å²) in [5, 5.41) is 11.7. The maximum absolute atomic E-state index is 12.6. The molecule has 168 valence electrons. The average molecular weight is 476 g/mol. The lowest BCUT2D eigenvalue weighted by Gasteiger charge is -2.13. The Kier molecular flexibility index (Phi) is 7.71. The molecule has 0 unspecified atom stereocenters. The van der Waals surface area contributed by atoms with Gasteiger partial charge in [0.05, 0.1) is 38.5 Å². The van der Waals surface area contributed by atoms with Crippen molar-refractivity contribution in [2.45, 2.75) is 6.92 Å². The second-order valence-corrected chi connectivity index (χ2v) is 7.88. The van der Waals surface area contributed by atoms with E-state index in [0.717, 1.165) is 11.8 Å². The molecule has 0 saturated carbocycles. The number of aliphatic hydroxyl groups excluding tert-OH is 1. The summed E-state index contributed by atoms with van der Waals surface area (Å²) in [6, 6.07) is 10.4. The van der Waals surface area contributed by atoms with Gasteiger partial charge in [0, 0.05) is 5.02 Å². The van der Waals surface area contributed by atoms with E-state index in [4.69, 9.17) is 30.5 Å². The number of halogens is 1. The highest BCUT2D eigenvalue weighted by molar-refractivity contribution is 8.18. The number of hydrogen-bond acceptors (Lipinski definition) is 8. The second kappa shape index (κ2) is 10.5. The van der Waals surface area contributed by atoms with Gasteiger partial charge in [-0.2, -0.15) is 0 Å². The highest BCUT2D eigenvalue weighted by Gasteiger charge is 2.33. The standard InChI is InChI=1S/C23H22ClNO6S/c1-5-31-23(27)19-20(26)18(32-22(19)25-15-8-6-7-14(24)12-15)11-13-9-16(28-2)21(30-4)17(10-13)29-3/h6-12,26H,5H2,1-4H3. The van der Waals surface area contributed by atoms with Gasteiger partial charge in [0.2, 0.25) is 5.75 Å². The van der Waals surface area contributed by atoms with E-state index in [1.165, 1.54) is 21.3 Å². The molecule has 7 nitrogen and oxygen atoms in total. The van der Waals surface area contributed by atoms with Crippen LogP contribution in [-0.2, 0) is 9.53 Å². The minimum atomic E-state index is -0.661. The van der Waals surface area contributed by atoms with Gasteiger partial charge >= 0.3 is 5.97 Å². The number of nitrogens with zero attached hydrogens (tertiary/aromatic N) is 1. The SMILES string of the molecule is CCOC(=O)C1=C(O)C(=Cc2cc(OC)c(OC)c(OC)c2)SC1=Nc1cccc(Cl)c1. The smallest absolute Gasteiger partial charge is 0.344 e. The molecule has 1 aliphatic rings. The molecular weight excluding hydrogens is 454 g/mol. The molecule has 32 heavy (non-hydrogen) atoms. The summed E-state index contributed by atoms with van der Waals surface area (Å²) in [6.45, 7) is 1.86. The third-order valence-electron chi connectivity index (χ3n) is 4.39. The van der Waals surface area contributed by atoms with Crippen molar-refractivity contribution in [2.75, 3.05) is 27.9 Å². The molecular formula is C23H22ClNO6S. The Bertz CT molecular complexity index is 1100. The highest BCUT2D eigenvalue weighted by atomic mass is 35.5. The monoisotopic (exact) mass is 475 g/mol. The zero-order chi connectivity index (χ0) is 23.3. The van der Waals surface area contributed by atoms with Crippen LogP contribution in [0.2, 0.25) is 5.02 Å². The van der Waals surface area contributed by atoms with Gasteiger partial charge in [-0.1, -0.05) is 29.4 Å². The number of benzene rings is 2. The summed E-state index contributed by atoms with van der Waals surface area (Å²) >= 11 is 7.19. The third kappa shape index (κ3) is 5.03. The average Bonchev–Trinajstić information content (AvgIpc) is 3.07. The molecule has 2 aromatic carbocycles. The van der Waals surface area contributed by atoms with Crippen LogP contribution in [0.5, 0.6) is 17.2 Å². The van der Waals surface area contributed by atoms with Crippen LogP contribution in [0.15, 0.2) is 57.6 Å². The molecule has 0 spiro atoms. The minimum Gasteiger partial charge on any atom is -0.506 e. The van der Waals surface area contributed by atoms with Gasteiger partial charge < -0.3 is 24.1 Å². The molecule has 9 heteroatoms. The third-order valence-corrected chi connectivity index (χ3v) is 5.65. The van der Waals surface area contributed by atoms with Gasteiger partial charge in [-0.15, -0.1) is 0 Å². The van der Waals surface area contributed by atoms with Crippen LogP contribution in [-0.4, -0.2) is 44.1 Å². The van der Waals surface area contributed by atoms with E-state index < -0.39 is 5.97 Å². The normalized spacial score (nSPS) is 15.9. The predicted molar refractivity (Wildman–Crippen MR) is 127 cm³/mol. The van der Waals surface area contributed by atoms with Crippen LogP contribution in [0.4, 0.5) is 5.69 Å². The van der Waals surface area contributed by atoms with E-state index in [2.05, 4.69) is 4.99 Å². The van der Waals surface area contributed by atoms with Crippen LogP contribution in [0.25, 0.3) is 6.08 Å². The predicted octanol–water partition coefficient (Wildman–Crippen LogP) is 5.56. The lowest BCUT2D eigenvalue weighted by atomic mass is 10.1. The van der Waals surface area contributed by atoms with Crippen LogP contribution >= 0.6 is 23.4 Å². The summed E-state index contributed by atoms with van der Waals surface area (Å²) in [6.07, 6.45) is 1.70. The molecule has 2 aromatic rings. The molecule has 0 saturated heterocycles. The van der Waals surface area contributed by atoms with Crippen LogP contribution in [0, 0.1) is 0 Å². The van der Waals surface area contributed by atoms with Gasteiger partial charge in [-0.25, -0.2) is 9.79 Å². The Morgan fingerprint density at radius 3 is 2.38 bits per heavy atom. The summed E-state index contributed by atoms with van der Waals surface area (Å²) in [5.41, 5.74) is 1.21. The molecule has 0 aromatic heterocycles. The first-order chi connectivity index (χ1) is 15.4. The number of rotatable bonds is 7. The number of aliphatic hydroxyl groups is 1. The molecule has 0 bridgehead atoms. The molecule has 3 rings (SSSR count). The molecule has 0 aliphatic carbocycles. The highest BCUT2D eigenvalue weighted by Crippen LogP contribution is 2.43. The first kappa shape index (κ1) is 23.6. The van der Waals surface area contributed by atoms with Crippen LogP contribution in [0.1, 0.15) is 12.5 Å². The summed E-state index contributed by atoms with van der Waals surface area (Å²) < 4.78 is 21.3. The number of thioether (sulfide) groups is 1. The van der Waals surface area contributed by atoms with E-state index in [1.54, 1.807) is 49.4 Å². The molecule has 1 N–H and O–H groups in total. The molecule has 0 fully saturated rings. The van der Waals surface area contributed by atoms with E-state index in [-0.39, 0.29) is 17.9 Å². The van der Waals surface area contributed by atoms with E-state index >= 15 is 0 Å². The van der Waals surface area contributed by atoms with Crippen molar-refractivity contribution < 1.29 is 28.8 Å². The Hall–Kier alpha value is -3.10. The van der Waals surface area contributed by atoms with Gasteiger partial charge in [-0.05, 0) is 48.9 Å². The fraction of sp³-hybridized carbons (Fsp3) is 0.217. The number of esters is 1. The Balaban J connectivity index is 2.09. The summed E-state index contributed by atoms with van der Waals surface area (Å²) in [5.74, 6) is 0.494. The summed E-state index contributed by atoms with van der Waals surface area (Å²) in [7, 11) is 4.55. The van der Waals surface area contributed by atoms with E-state index in [1.807, 2.05) is 0 Å². The number of hydrogen-bond donors (Lipinski definition) is 1. The van der Waals surface area contributed by atoms with Crippen molar-refractivity contribution in [3.8, 4) is 17.2 Å². The number of ether oxygens (including phenoxy) is 4. The number of carbonyl (C=O) groups is 1. The number of methoxy groups -OCH3 is 3.